The van der Waals surface area contributed by atoms with Crippen molar-refractivity contribution >= 4 is 17.5 Å². The van der Waals surface area contributed by atoms with E-state index < -0.39 is 0 Å². The van der Waals surface area contributed by atoms with Crippen molar-refractivity contribution in [1.29, 1.82) is 0 Å². The van der Waals surface area contributed by atoms with E-state index in [9.17, 15) is 0 Å². The zero-order valence-electron chi connectivity index (χ0n) is 8.12. The summed E-state index contributed by atoms with van der Waals surface area (Å²) in [5.74, 6) is 0.581. The lowest BCUT2D eigenvalue weighted by atomic mass is 10.1. The fraction of sp³-hybridized carbons (Fsp3) is 0.400. The maximum Gasteiger partial charge on any atom is 0.236 e. The van der Waals surface area contributed by atoms with Gasteiger partial charge in [0, 0.05) is 0 Å². The van der Waals surface area contributed by atoms with Crippen LogP contribution in [0.15, 0.2) is 23.2 Å². The van der Waals surface area contributed by atoms with Gasteiger partial charge in [-0.1, -0.05) is 17.7 Å². The van der Waals surface area contributed by atoms with Gasteiger partial charge in [-0.15, -0.1) is 0 Å². The third-order valence-electron chi connectivity index (χ3n) is 1.90. The van der Waals surface area contributed by atoms with E-state index in [0.717, 1.165) is 0 Å². The Hall–Kier alpha value is -1.09. The molecule has 0 spiro atoms. The van der Waals surface area contributed by atoms with Crippen molar-refractivity contribution in [2.75, 3.05) is 6.61 Å². The highest BCUT2D eigenvalue weighted by molar-refractivity contribution is 6.29. The molecule has 0 saturated carbocycles. The van der Waals surface area contributed by atoms with Crippen LogP contribution in [0.5, 0.6) is 0 Å². The summed E-state index contributed by atoms with van der Waals surface area (Å²) in [7, 11) is 0. The van der Waals surface area contributed by atoms with Gasteiger partial charge < -0.3 is 4.74 Å². The average Bonchev–Trinajstić information content (AvgIpc) is 2.46. The van der Waals surface area contributed by atoms with Gasteiger partial charge in [-0.05, 0) is 26.0 Å². The Kier molecular flexibility index (Phi) is 2.19. The highest BCUT2D eigenvalue weighted by Gasteiger charge is 2.27. The number of pyridine rings is 1. The molecular weight excluding hydrogens is 200 g/mol. The third kappa shape index (κ3) is 1.87. The van der Waals surface area contributed by atoms with E-state index in [1.54, 1.807) is 6.07 Å². The zero-order chi connectivity index (χ0) is 10.2. The molecule has 1 aliphatic rings. The van der Waals surface area contributed by atoms with E-state index in [1.165, 1.54) is 0 Å². The summed E-state index contributed by atoms with van der Waals surface area (Å²) in [6, 6.07) is 5.40. The predicted octanol–water partition coefficient (Wildman–Crippen LogP) is 2.29. The monoisotopic (exact) mass is 210 g/mol. The highest BCUT2D eigenvalue weighted by atomic mass is 35.5. The molecule has 0 aromatic carbocycles. The van der Waals surface area contributed by atoms with Gasteiger partial charge in [-0.25, -0.2) is 9.98 Å². The molecule has 4 heteroatoms. The minimum Gasteiger partial charge on any atom is -0.474 e. The van der Waals surface area contributed by atoms with E-state index in [-0.39, 0.29) is 5.54 Å². The number of aliphatic imine (C=N–C) groups is 1. The van der Waals surface area contributed by atoms with E-state index in [1.807, 2.05) is 26.0 Å². The van der Waals surface area contributed by atoms with Gasteiger partial charge in [-0.2, -0.15) is 0 Å². The number of hydrogen-bond acceptors (Lipinski definition) is 3. The molecule has 3 nitrogen and oxygen atoms in total. The molecule has 1 aromatic rings. The fourth-order valence-corrected chi connectivity index (χ4v) is 1.41. The summed E-state index contributed by atoms with van der Waals surface area (Å²) in [6.07, 6.45) is 0. The van der Waals surface area contributed by atoms with Crippen molar-refractivity contribution < 1.29 is 4.74 Å². The number of aromatic nitrogens is 1. The molecule has 2 rings (SSSR count). The van der Waals surface area contributed by atoms with Gasteiger partial charge >= 0.3 is 0 Å². The molecule has 74 valence electrons. The standard InChI is InChI=1S/C10H11ClN2O/c1-10(2)6-14-9(13-10)7-4-3-5-8(11)12-7/h3-5H,6H2,1-2H3. The van der Waals surface area contributed by atoms with Crippen molar-refractivity contribution in [2.45, 2.75) is 19.4 Å². The van der Waals surface area contributed by atoms with Crippen LogP contribution < -0.4 is 0 Å². The summed E-state index contributed by atoms with van der Waals surface area (Å²) in [6.45, 7) is 4.63. The van der Waals surface area contributed by atoms with Crippen LogP contribution in [0.4, 0.5) is 0 Å². The number of halogens is 1. The summed E-state index contributed by atoms with van der Waals surface area (Å²) >= 11 is 5.77. The van der Waals surface area contributed by atoms with Crippen LogP contribution in [0.25, 0.3) is 0 Å². The molecule has 14 heavy (non-hydrogen) atoms. The molecular formula is C10H11ClN2O. The molecule has 0 fully saturated rings. The number of nitrogens with zero attached hydrogens (tertiary/aromatic N) is 2. The normalized spacial score (nSPS) is 18.9. The Labute approximate surface area is 87.8 Å². The number of hydrogen-bond donors (Lipinski definition) is 0. The van der Waals surface area contributed by atoms with Gasteiger partial charge in [0.2, 0.25) is 5.90 Å². The lowest BCUT2D eigenvalue weighted by Crippen LogP contribution is -2.17. The molecule has 0 unspecified atom stereocenters. The maximum absolute atomic E-state index is 5.77. The minimum absolute atomic E-state index is 0.153. The van der Waals surface area contributed by atoms with Gasteiger partial charge in [0.05, 0.1) is 5.54 Å². The summed E-state index contributed by atoms with van der Waals surface area (Å²) in [5.41, 5.74) is 0.544. The first-order valence-corrected chi connectivity index (χ1v) is 4.80. The summed E-state index contributed by atoms with van der Waals surface area (Å²) < 4.78 is 5.44. The first-order chi connectivity index (χ1) is 6.57. The average molecular weight is 211 g/mol. The molecule has 0 aliphatic carbocycles. The second-order valence-corrected chi connectivity index (χ2v) is 4.25. The van der Waals surface area contributed by atoms with Crippen LogP contribution in [0.3, 0.4) is 0 Å². The SMILES string of the molecule is CC1(C)COC(c2cccc(Cl)n2)=N1. The zero-order valence-corrected chi connectivity index (χ0v) is 8.88. The Balaban J connectivity index is 2.33. The van der Waals surface area contributed by atoms with Crippen molar-refractivity contribution in [1.82, 2.24) is 4.98 Å². The van der Waals surface area contributed by atoms with Crippen LogP contribution in [-0.2, 0) is 4.74 Å². The Morgan fingerprint density at radius 1 is 1.43 bits per heavy atom. The minimum atomic E-state index is -0.153. The smallest absolute Gasteiger partial charge is 0.236 e. The summed E-state index contributed by atoms with van der Waals surface area (Å²) in [4.78, 5) is 8.54. The third-order valence-corrected chi connectivity index (χ3v) is 2.11. The fourth-order valence-electron chi connectivity index (χ4n) is 1.24. The second-order valence-electron chi connectivity index (χ2n) is 3.86. The summed E-state index contributed by atoms with van der Waals surface area (Å²) in [5, 5.41) is 0.457. The van der Waals surface area contributed by atoms with Gasteiger partial charge in [0.25, 0.3) is 0 Å². The van der Waals surface area contributed by atoms with Crippen molar-refractivity contribution in [2.24, 2.45) is 4.99 Å². The van der Waals surface area contributed by atoms with Gasteiger partial charge in [-0.3, -0.25) is 0 Å². The molecule has 0 atom stereocenters. The van der Waals surface area contributed by atoms with Crippen molar-refractivity contribution in [3.05, 3.63) is 29.0 Å². The predicted molar refractivity (Wildman–Crippen MR) is 55.8 cm³/mol. The van der Waals surface area contributed by atoms with E-state index in [2.05, 4.69) is 9.98 Å². The quantitative estimate of drug-likeness (QED) is 0.667. The molecule has 0 N–H and O–H groups in total. The van der Waals surface area contributed by atoms with Crippen molar-refractivity contribution in [3.8, 4) is 0 Å². The van der Waals surface area contributed by atoms with Crippen LogP contribution >= 0.6 is 11.6 Å². The van der Waals surface area contributed by atoms with Crippen LogP contribution in [0.1, 0.15) is 19.5 Å². The molecule has 0 saturated heterocycles. The van der Waals surface area contributed by atoms with Gasteiger partial charge in [0.15, 0.2) is 0 Å². The van der Waals surface area contributed by atoms with Crippen LogP contribution in [0.2, 0.25) is 5.15 Å². The Morgan fingerprint density at radius 2 is 2.21 bits per heavy atom. The highest BCUT2D eigenvalue weighted by Crippen LogP contribution is 2.20. The van der Waals surface area contributed by atoms with Gasteiger partial charge in [0.1, 0.15) is 17.5 Å². The first-order valence-electron chi connectivity index (χ1n) is 4.42. The molecule has 2 heterocycles. The topological polar surface area (TPSA) is 34.5 Å². The first kappa shape index (κ1) is 9.46. The number of ether oxygens (including phenoxy) is 1. The van der Waals surface area contributed by atoms with Crippen LogP contribution in [-0.4, -0.2) is 23.0 Å². The van der Waals surface area contributed by atoms with Crippen molar-refractivity contribution in [3.63, 3.8) is 0 Å². The molecule has 1 aliphatic heterocycles. The molecule has 1 aromatic heterocycles. The van der Waals surface area contributed by atoms with E-state index >= 15 is 0 Å². The van der Waals surface area contributed by atoms with E-state index in [4.69, 9.17) is 16.3 Å². The molecule has 0 radical (unpaired) electrons. The van der Waals surface area contributed by atoms with Crippen LogP contribution in [0, 0.1) is 0 Å². The second kappa shape index (κ2) is 3.24. The molecule has 0 bridgehead atoms. The maximum atomic E-state index is 5.77. The molecule has 0 amide bonds. The lowest BCUT2D eigenvalue weighted by molar-refractivity contribution is 0.279. The Morgan fingerprint density at radius 3 is 2.79 bits per heavy atom. The largest absolute Gasteiger partial charge is 0.474 e. The van der Waals surface area contributed by atoms with E-state index in [0.29, 0.717) is 23.4 Å². The lowest BCUT2D eigenvalue weighted by Gasteiger charge is -2.07. The Bertz CT molecular complexity index is 387. The number of rotatable bonds is 1.